The number of hydrogen-bond acceptors (Lipinski definition) is 3. The lowest BCUT2D eigenvalue weighted by atomic mass is 10.2. The smallest absolute Gasteiger partial charge is 0.0373 e. The molecule has 0 saturated heterocycles. The van der Waals surface area contributed by atoms with Gasteiger partial charge in [0.05, 0.1) is 0 Å². The topological polar surface area (TPSA) is 52.2 Å². The third kappa shape index (κ3) is 3.42. The number of anilines is 1. The maximum Gasteiger partial charge on any atom is 0.0373 e. The molecule has 2 aromatic rings. The molecule has 1 aliphatic heterocycles. The van der Waals surface area contributed by atoms with Gasteiger partial charge in [-0.2, -0.15) is 0 Å². The first-order valence-electron chi connectivity index (χ1n) is 5.73. The van der Waals surface area contributed by atoms with Crippen LogP contribution in [0.2, 0.25) is 0 Å². The normalized spacial score (nSPS) is 13.8. The molecule has 1 N–H and O–H groups in total. The molecule has 1 aliphatic rings. The van der Waals surface area contributed by atoms with Crippen LogP contribution >= 0.6 is 0 Å². The van der Waals surface area contributed by atoms with E-state index in [4.69, 9.17) is 0 Å². The summed E-state index contributed by atoms with van der Waals surface area (Å²) >= 11 is -2.08. The number of nitrogens with one attached hydrogen (secondary N) is 1. The van der Waals surface area contributed by atoms with Crippen molar-refractivity contribution in [2.24, 2.45) is 0 Å². The predicted molar refractivity (Wildman–Crippen MR) is 72.3 cm³/mol. The Balaban J connectivity index is 0.000000134. The van der Waals surface area contributed by atoms with Crippen molar-refractivity contribution in [3.63, 3.8) is 0 Å². The van der Waals surface area contributed by atoms with Gasteiger partial charge in [-0.15, -0.1) is 0 Å². The van der Waals surface area contributed by atoms with E-state index >= 15 is 0 Å². The van der Waals surface area contributed by atoms with Gasteiger partial charge in [0.2, 0.25) is 0 Å². The molecule has 1 unspecified atom stereocenters. The minimum Gasteiger partial charge on any atom is -0.768 e. The summed E-state index contributed by atoms with van der Waals surface area (Å²) in [4.78, 5) is 0.331. The van der Waals surface area contributed by atoms with Crippen molar-refractivity contribution in [3.05, 3.63) is 60.2 Å². The van der Waals surface area contributed by atoms with Crippen molar-refractivity contribution in [1.29, 1.82) is 0 Å². The van der Waals surface area contributed by atoms with E-state index in [1.165, 1.54) is 17.7 Å². The minimum atomic E-state index is -2.08. The number of fused-ring (bicyclic) bond motifs is 1. The van der Waals surface area contributed by atoms with Crippen LogP contribution in [-0.4, -0.2) is 15.3 Å². The Labute approximate surface area is 109 Å². The zero-order valence-electron chi connectivity index (χ0n) is 9.84. The number of rotatable bonds is 1. The summed E-state index contributed by atoms with van der Waals surface area (Å²) in [7, 11) is 0. The zero-order chi connectivity index (χ0) is 12.8. The van der Waals surface area contributed by atoms with Crippen LogP contribution in [0, 0.1) is 0 Å². The van der Waals surface area contributed by atoms with E-state index in [1.54, 1.807) is 30.3 Å². The van der Waals surface area contributed by atoms with Gasteiger partial charge in [-0.3, -0.25) is 4.21 Å². The Hall–Kier alpha value is -1.65. The van der Waals surface area contributed by atoms with E-state index < -0.39 is 11.1 Å². The van der Waals surface area contributed by atoms with Gasteiger partial charge in [-0.05, 0) is 41.3 Å². The lowest BCUT2D eigenvalue weighted by Gasteiger charge is -2.01. The second-order valence-electron chi connectivity index (χ2n) is 3.88. The largest absolute Gasteiger partial charge is 0.768 e. The van der Waals surface area contributed by atoms with Gasteiger partial charge >= 0.3 is 0 Å². The highest BCUT2D eigenvalue weighted by molar-refractivity contribution is 7.79. The molecule has 94 valence electrons. The van der Waals surface area contributed by atoms with E-state index in [1.807, 2.05) is 0 Å². The number of para-hydroxylation sites is 1. The molecule has 0 amide bonds. The second-order valence-corrected chi connectivity index (χ2v) is 4.82. The van der Waals surface area contributed by atoms with Gasteiger partial charge < -0.3 is 9.87 Å². The van der Waals surface area contributed by atoms with Crippen molar-refractivity contribution < 1.29 is 8.76 Å². The maximum absolute atomic E-state index is 10.2. The molecule has 0 bridgehead atoms. The van der Waals surface area contributed by atoms with Crippen molar-refractivity contribution in [3.8, 4) is 0 Å². The molecule has 1 heterocycles. The summed E-state index contributed by atoms with van der Waals surface area (Å²) in [5.41, 5.74) is 2.77. The fraction of sp³-hybridized carbons (Fsp3) is 0.143. The molecule has 0 spiro atoms. The maximum atomic E-state index is 10.2. The van der Waals surface area contributed by atoms with Crippen LogP contribution in [0.4, 0.5) is 5.69 Å². The third-order valence-electron chi connectivity index (χ3n) is 2.66. The van der Waals surface area contributed by atoms with Crippen molar-refractivity contribution in [2.45, 2.75) is 11.3 Å². The molecule has 2 aromatic carbocycles. The van der Waals surface area contributed by atoms with Crippen LogP contribution < -0.4 is 5.32 Å². The zero-order valence-corrected chi connectivity index (χ0v) is 10.7. The predicted octanol–water partition coefficient (Wildman–Crippen LogP) is 2.58. The lowest BCUT2D eigenvalue weighted by Crippen LogP contribution is -1.90. The molecule has 0 aromatic heterocycles. The first-order valence-corrected chi connectivity index (χ1v) is 6.81. The highest BCUT2D eigenvalue weighted by atomic mass is 32.2. The highest BCUT2D eigenvalue weighted by Crippen LogP contribution is 2.19. The van der Waals surface area contributed by atoms with E-state index in [0.29, 0.717) is 4.90 Å². The van der Waals surface area contributed by atoms with Crippen molar-refractivity contribution >= 4 is 16.8 Å². The highest BCUT2D eigenvalue weighted by Gasteiger charge is 2.05. The summed E-state index contributed by atoms with van der Waals surface area (Å²) in [5.74, 6) is 0. The average molecular weight is 260 g/mol. The molecule has 3 nitrogen and oxygen atoms in total. The Morgan fingerprint density at radius 2 is 1.67 bits per heavy atom. The minimum absolute atomic E-state index is 0.331. The molecule has 0 fully saturated rings. The van der Waals surface area contributed by atoms with Crippen LogP contribution in [0.15, 0.2) is 59.5 Å². The van der Waals surface area contributed by atoms with Gasteiger partial charge in [-0.1, -0.05) is 36.4 Å². The van der Waals surface area contributed by atoms with Gasteiger partial charge in [0.15, 0.2) is 0 Å². The molecule has 4 heteroatoms. The van der Waals surface area contributed by atoms with Crippen LogP contribution in [0.5, 0.6) is 0 Å². The molecular weight excluding hydrogens is 246 g/mol. The summed E-state index contributed by atoms with van der Waals surface area (Å²) in [6, 6.07) is 16.7. The standard InChI is InChI=1S/C8H9N.C6H6O2S/c1-2-4-8-7(3-1)5-6-9-8;7-9(8)6-4-2-1-3-5-6/h1-4,9H,5-6H2;1-5H,(H,7,8)/p-1. The quantitative estimate of drug-likeness (QED) is 0.802. The Morgan fingerprint density at radius 3 is 2.28 bits per heavy atom. The van der Waals surface area contributed by atoms with Crippen LogP contribution in [-0.2, 0) is 17.5 Å². The average Bonchev–Trinajstić information content (AvgIpc) is 2.89. The van der Waals surface area contributed by atoms with E-state index in [2.05, 4.69) is 29.6 Å². The van der Waals surface area contributed by atoms with Crippen LogP contribution in [0.3, 0.4) is 0 Å². The molecular formula is C14H14NO2S-. The second kappa shape index (κ2) is 6.33. The number of benzene rings is 2. The summed E-state index contributed by atoms with van der Waals surface area (Å²) < 4.78 is 20.4. The summed E-state index contributed by atoms with van der Waals surface area (Å²) in [6.45, 7) is 1.11. The van der Waals surface area contributed by atoms with Gasteiger partial charge in [0.1, 0.15) is 0 Å². The molecule has 18 heavy (non-hydrogen) atoms. The van der Waals surface area contributed by atoms with E-state index in [-0.39, 0.29) is 0 Å². The molecule has 0 aliphatic carbocycles. The Kier molecular flexibility index (Phi) is 4.50. The summed E-state index contributed by atoms with van der Waals surface area (Å²) in [5, 5.41) is 3.30. The van der Waals surface area contributed by atoms with Crippen molar-refractivity contribution in [1.82, 2.24) is 0 Å². The van der Waals surface area contributed by atoms with Crippen LogP contribution in [0.1, 0.15) is 5.56 Å². The molecule has 1 atom stereocenters. The lowest BCUT2D eigenvalue weighted by molar-refractivity contribution is 0.537. The third-order valence-corrected chi connectivity index (χ3v) is 3.32. The molecule has 0 saturated carbocycles. The SMILES string of the molecule is O=S([O-])c1ccccc1.c1ccc2c(c1)CCN2. The van der Waals surface area contributed by atoms with Gasteiger partial charge in [-0.25, -0.2) is 0 Å². The number of hydrogen-bond donors (Lipinski definition) is 1. The van der Waals surface area contributed by atoms with Crippen LogP contribution in [0.25, 0.3) is 0 Å². The van der Waals surface area contributed by atoms with E-state index in [0.717, 1.165) is 6.54 Å². The molecule has 0 radical (unpaired) electrons. The Bertz CT molecular complexity index is 505. The van der Waals surface area contributed by atoms with E-state index in [9.17, 15) is 8.76 Å². The Morgan fingerprint density at radius 1 is 1.00 bits per heavy atom. The fourth-order valence-corrected chi connectivity index (χ4v) is 2.15. The van der Waals surface area contributed by atoms with Gasteiger partial charge in [0.25, 0.3) is 0 Å². The fourth-order valence-electron chi connectivity index (χ4n) is 1.77. The first kappa shape index (κ1) is 12.8. The molecule has 3 rings (SSSR count). The van der Waals surface area contributed by atoms with Crippen molar-refractivity contribution in [2.75, 3.05) is 11.9 Å². The monoisotopic (exact) mass is 260 g/mol. The van der Waals surface area contributed by atoms with Gasteiger partial charge in [0, 0.05) is 17.1 Å². The summed E-state index contributed by atoms with van der Waals surface area (Å²) in [6.07, 6.45) is 1.19. The first-order chi connectivity index (χ1) is 8.77.